The van der Waals surface area contributed by atoms with Gasteiger partial charge in [0.05, 0.1) is 6.26 Å². The van der Waals surface area contributed by atoms with E-state index in [1.54, 1.807) is 0 Å². The van der Waals surface area contributed by atoms with Gasteiger partial charge >= 0.3 is 0 Å². The van der Waals surface area contributed by atoms with E-state index in [4.69, 9.17) is 4.42 Å². The summed E-state index contributed by atoms with van der Waals surface area (Å²) in [4.78, 5) is 1.45. The van der Waals surface area contributed by atoms with Gasteiger partial charge in [0, 0.05) is 29.4 Å². The lowest BCUT2D eigenvalue weighted by atomic mass is 9.93. The van der Waals surface area contributed by atoms with Gasteiger partial charge in [-0.25, -0.2) is 0 Å². The molecular weight excluding hydrogens is 230 g/mol. The zero-order valence-corrected chi connectivity index (χ0v) is 10.8. The van der Waals surface area contributed by atoms with Gasteiger partial charge in [-0.3, -0.25) is 0 Å². The summed E-state index contributed by atoms with van der Waals surface area (Å²) in [7, 11) is 0. The van der Waals surface area contributed by atoms with Crippen molar-refractivity contribution in [3.63, 3.8) is 0 Å². The molecule has 3 rings (SSSR count). The number of fused-ring (bicyclic) bond motifs is 1. The zero-order valence-electron chi connectivity index (χ0n) is 10.0. The van der Waals surface area contributed by atoms with Gasteiger partial charge in [-0.2, -0.15) is 0 Å². The fourth-order valence-electron chi connectivity index (χ4n) is 2.50. The second-order valence-corrected chi connectivity index (χ2v) is 5.65. The lowest BCUT2D eigenvalue weighted by Crippen LogP contribution is -2.23. The molecule has 0 radical (unpaired) electrons. The van der Waals surface area contributed by atoms with Gasteiger partial charge in [0.15, 0.2) is 0 Å². The van der Waals surface area contributed by atoms with E-state index in [0.29, 0.717) is 6.04 Å². The molecule has 1 aliphatic rings. The fourth-order valence-corrected chi connectivity index (χ4v) is 3.36. The second-order valence-electron chi connectivity index (χ2n) is 4.65. The van der Waals surface area contributed by atoms with Crippen LogP contribution >= 0.6 is 11.3 Å². The molecule has 0 aromatic carbocycles. The molecule has 90 valence electrons. The minimum Gasteiger partial charge on any atom is -0.469 e. The van der Waals surface area contributed by atoms with Crippen molar-refractivity contribution in [2.24, 2.45) is 0 Å². The summed E-state index contributed by atoms with van der Waals surface area (Å²) in [5.41, 5.74) is 2.76. The Morgan fingerprint density at radius 3 is 3.24 bits per heavy atom. The second kappa shape index (κ2) is 4.67. The van der Waals surface area contributed by atoms with Crippen LogP contribution in [0.4, 0.5) is 0 Å². The highest BCUT2D eigenvalue weighted by atomic mass is 32.1. The van der Waals surface area contributed by atoms with E-state index in [0.717, 1.165) is 13.0 Å². The Balaban J connectivity index is 1.70. The topological polar surface area (TPSA) is 25.2 Å². The van der Waals surface area contributed by atoms with Crippen molar-refractivity contribution in [3.8, 4) is 0 Å². The summed E-state index contributed by atoms with van der Waals surface area (Å²) in [6.07, 6.45) is 5.36. The first kappa shape index (κ1) is 11.1. The maximum absolute atomic E-state index is 5.51. The molecule has 2 aromatic rings. The predicted molar refractivity (Wildman–Crippen MR) is 70.3 cm³/mol. The molecule has 3 heteroatoms. The molecular formula is C14H17NOS. The Kier molecular flexibility index (Phi) is 3.04. The number of rotatable bonds is 3. The van der Waals surface area contributed by atoms with Crippen molar-refractivity contribution in [1.82, 2.24) is 5.32 Å². The van der Waals surface area contributed by atoms with E-state index in [2.05, 4.69) is 29.8 Å². The van der Waals surface area contributed by atoms with Crippen LogP contribution in [0.25, 0.3) is 0 Å². The van der Waals surface area contributed by atoms with Crippen molar-refractivity contribution >= 4 is 11.3 Å². The first-order valence-corrected chi connectivity index (χ1v) is 7.05. The van der Waals surface area contributed by atoms with Crippen molar-refractivity contribution in [2.75, 3.05) is 0 Å². The molecule has 0 fully saturated rings. The summed E-state index contributed by atoms with van der Waals surface area (Å²) in [6.45, 7) is 3.15. The minimum atomic E-state index is 0.471. The largest absolute Gasteiger partial charge is 0.469 e. The molecule has 1 unspecified atom stereocenters. The Morgan fingerprint density at radius 1 is 1.47 bits per heavy atom. The van der Waals surface area contributed by atoms with E-state index < -0.39 is 0 Å². The first-order chi connectivity index (χ1) is 8.34. The number of nitrogens with one attached hydrogen (secondary N) is 1. The van der Waals surface area contributed by atoms with Gasteiger partial charge < -0.3 is 9.73 Å². The smallest absolute Gasteiger partial charge is 0.108 e. The predicted octanol–water partition coefficient (Wildman–Crippen LogP) is 3.82. The monoisotopic (exact) mass is 247 g/mol. The number of hydrogen-bond acceptors (Lipinski definition) is 3. The van der Waals surface area contributed by atoms with E-state index in [-0.39, 0.29) is 0 Å². The molecule has 0 bridgehead atoms. The minimum absolute atomic E-state index is 0.471. The standard InChI is InChI=1S/C14H17NOS/c1-10-6-8-17-14(10)9-15-12-3-2-4-13-11(12)5-7-16-13/h5-8,12,15H,2-4,9H2,1H3. The molecule has 2 aromatic heterocycles. The van der Waals surface area contributed by atoms with E-state index in [1.165, 1.54) is 34.6 Å². The highest BCUT2D eigenvalue weighted by Gasteiger charge is 2.22. The Hall–Kier alpha value is -1.06. The van der Waals surface area contributed by atoms with Crippen LogP contribution in [0, 0.1) is 6.92 Å². The van der Waals surface area contributed by atoms with Crippen LogP contribution in [-0.4, -0.2) is 0 Å². The Labute approximate surface area is 106 Å². The van der Waals surface area contributed by atoms with Gasteiger partial charge in [0.1, 0.15) is 5.76 Å². The summed E-state index contributed by atoms with van der Waals surface area (Å²) < 4.78 is 5.51. The maximum atomic E-state index is 5.51. The molecule has 0 saturated carbocycles. The quantitative estimate of drug-likeness (QED) is 0.892. The number of hydrogen-bond donors (Lipinski definition) is 1. The van der Waals surface area contributed by atoms with Gasteiger partial charge in [-0.05, 0) is 42.8 Å². The summed E-state index contributed by atoms with van der Waals surface area (Å²) in [6, 6.07) is 4.78. The third-order valence-corrected chi connectivity index (χ3v) is 4.55. The van der Waals surface area contributed by atoms with Crippen LogP contribution < -0.4 is 5.32 Å². The van der Waals surface area contributed by atoms with Gasteiger partial charge in [0.25, 0.3) is 0 Å². The average molecular weight is 247 g/mol. The highest BCUT2D eigenvalue weighted by Crippen LogP contribution is 2.31. The van der Waals surface area contributed by atoms with Gasteiger partial charge in [0.2, 0.25) is 0 Å². The first-order valence-electron chi connectivity index (χ1n) is 6.17. The van der Waals surface area contributed by atoms with Crippen molar-refractivity contribution in [1.29, 1.82) is 0 Å². The molecule has 2 heterocycles. The SMILES string of the molecule is Cc1ccsc1CNC1CCCc2occc21. The summed E-state index contributed by atoms with van der Waals surface area (Å²) >= 11 is 1.84. The van der Waals surface area contributed by atoms with Crippen LogP contribution in [0.2, 0.25) is 0 Å². The summed E-state index contributed by atoms with van der Waals surface area (Å²) in [5, 5.41) is 5.82. The van der Waals surface area contributed by atoms with Gasteiger partial charge in [-0.1, -0.05) is 0 Å². The Bertz CT molecular complexity index is 500. The normalized spacial score (nSPS) is 19.2. The average Bonchev–Trinajstić information content (AvgIpc) is 2.95. The van der Waals surface area contributed by atoms with Crippen LogP contribution in [0.15, 0.2) is 28.2 Å². The van der Waals surface area contributed by atoms with E-state index in [1.807, 2.05) is 17.6 Å². The lowest BCUT2D eigenvalue weighted by Gasteiger charge is -2.22. The molecule has 0 saturated heterocycles. The third kappa shape index (κ3) is 2.17. The molecule has 0 aliphatic heterocycles. The molecule has 17 heavy (non-hydrogen) atoms. The van der Waals surface area contributed by atoms with Crippen molar-refractivity contribution < 1.29 is 4.42 Å². The Morgan fingerprint density at radius 2 is 2.41 bits per heavy atom. The number of furan rings is 1. The van der Waals surface area contributed by atoms with Crippen LogP contribution in [-0.2, 0) is 13.0 Å². The summed E-state index contributed by atoms with van der Waals surface area (Å²) in [5.74, 6) is 1.18. The fraction of sp³-hybridized carbons (Fsp3) is 0.429. The van der Waals surface area contributed by atoms with Crippen molar-refractivity contribution in [3.05, 3.63) is 45.5 Å². The van der Waals surface area contributed by atoms with E-state index in [9.17, 15) is 0 Å². The van der Waals surface area contributed by atoms with Gasteiger partial charge in [-0.15, -0.1) is 11.3 Å². The zero-order chi connectivity index (χ0) is 11.7. The lowest BCUT2D eigenvalue weighted by molar-refractivity contribution is 0.411. The van der Waals surface area contributed by atoms with Crippen LogP contribution in [0.5, 0.6) is 0 Å². The molecule has 0 spiro atoms. The molecule has 2 nitrogen and oxygen atoms in total. The highest BCUT2D eigenvalue weighted by molar-refractivity contribution is 7.10. The van der Waals surface area contributed by atoms with Crippen molar-refractivity contribution in [2.45, 2.75) is 38.8 Å². The van der Waals surface area contributed by atoms with Crippen LogP contribution in [0.3, 0.4) is 0 Å². The maximum Gasteiger partial charge on any atom is 0.108 e. The number of aryl methyl sites for hydroxylation is 2. The number of thiophene rings is 1. The third-order valence-electron chi connectivity index (χ3n) is 3.53. The molecule has 1 aliphatic carbocycles. The molecule has 1 atom stereocenters. The van der Waals surface area contributed by atoms with E-state index >= 15 is 0 Å². The van der Waals surface area contributed by atoms with Crippen LogP contribution in [0.1, 0.15) is 40.6 Å². The molecule has 1 N–H and O–H groups in total. The molecule has 0 amide bonds.